The summed E-state index contributed by atoms with van der Waals surface area (Å²) in [7, 11) is 0. The zero-order valence-corrected chi connectivity index (χ0v) is 12.6. The second kappa shape index (κ2) is 6.16. The molecule has 1 aromatic rings. The van der Waals surface area contributed by atoms with Crippen LogP contribution in [0.2, 0.25) is 0 Å². The van der Waals surface area contributed by atoms with E-state index in [4.69, 9.17) is 0 Å². The van der Waals surface area contributed by atoms with Crippen LogP contribution < -0.4 is 10.2 Å². The van der Waals surface area contributed by atoms with Crippen LogP contribution in [0, 0.1) is 0 Å². The molecule has 21 heavy (non-hydrogen) atoms. The molecule has 114 valence electrons. The smallest absolute Gasteiger partial charge is 0.226 e. The molecular weight excluding hydrogens is 264 g/mol. The SMILES string of the molecule is CCC(=O)N1CCc2cc(C(O)C3CCCCN3)ccc21. The first-order valence-corrected chi connectivity index (χ1v) is 8.05. The van der Waals surface area contributed by atoms with Crippen LogP contribution in [0.1, 0.15) is 49.8 Å². The van der Waals surface area contributed by atoms with E-state index in [2.05, 4.69) is 11.4 Å². The van der Waals surface area contributed by atoms with Gasteiger partial charge in [-0.1, -0.05) is 25.5 Å². The monoisotopic (exact) mass is 288 g/mol. The number of hydrogen-bond donors (Lipinski definition) is 2. The summed E-state index contributed by atoms with van der Waals surface area (Å²) in [5, 5.41) is 14.0. The Balaban J connectivity index is 1.79. The zero-order valence-electron chi connectivity index (χ0n) is 12.6. The second-order valence-corrected chi connectivity index (χ2v) is 6.04. The lowest BCUT2D eigenvalue weighted by molar-refractivity contribution is -0.118. The molecule has 3 rings (SSSR count). The van der Waals surface area contributed by atoms with Crippen molar-refractivity contribution in [3.05, 3.63) is 29.3 Å². The van der Waals surface area contributed by atoms with E-state index >= 15 is 0 Å². The molecule has 2 unspecified atom stereocenters. The molecule has 0 radical (unpaired) electrons. The zero-order chi connectivity index (χ0) is 14.8. The maximum Gasteiger partial charge on any atom is 0.226 e. The topological polar surface area (TPSA) is 52.6 Å². The van der Waals surface area contributed by atoms with Gasteiger partial charge in [-0.3, -0.25) is 4.79 Å². The Kier molecular flexibility index (Phi) is 4.27. The third-order valence-corrected chi connectivity index (χ3v) is 4.67. The lowest BCUT2D eigenvalue weighted by Gasteiger charge is -2.28. The quantitative estimate of drug-likeness (QED) is 0.896. The predicted octanol–water partition coefficient (Wildman–Crippen LogP) is 2.16. The number of carbonyl (C=O) groups is 1. The highest BCUT2D eigenvalue weighted by Gasteiger charge is 2.27. The fourth-order valence-electron chi connectivity index (χ4n) is 3.44. The number of aliphatic hydroxyl groups is 1. The van der Waals surface area contributed by atoms with Crippen molar-refractivity contribution in [1.29, 1.82) is 0 Å². The van der Waals surface area contributed by atoms with E-state index in [9.17, 15) is 9.90 Å². The standard InChI is InChI=1S/C17H24N2O2/c1-2-16(20)19-10-8-12-11-13(6-7-15(12)19)17(21)14-5-3-4-9-18-14/h6-7,11,14,17-18,21H,2-5,8-10H2,1H3. The molecule has 0 aromatic heterocycles. The van der Waals surface area contributed by atoms with Crippen molar-refractivity contribution in [3.63, 3.8) is 0 Å². The van der Waals surface area contributed by atoms with Crippen LogP contribution in [0.15, 0.2) is 18.2 Å². The van der Waals surface area contributed by atoms with Gasteiger partial charge in [-0.25, -0.2) is 0 Å². The number of nitrogens with zero attached hydrogens (tertiary/aromatic N) is 1. The van der Waals surface area contributed by atoms with Gasteiger partial charge in [0.25, 0.3) is 0 Å². The number of aliphatic hydroxyl groups excluding tert-OH is 1. The van der Waals surface area contributed by atoms with Crippen LogP contribution in [0.4, 0.5) is 5.69 Å². The Hall–Kier alpha value is -1.39. The first-order chi connectivity index (χ1) is 10.2. The molecule has 0 saturated carbocycles. The van der Waals surface area contributed by atoms with Gasteiger partial charge in [0.1, 0.15) is 0 Å². The lowest BCUT2D eigenvalue weighted by atomic mass is 9.93. The van der Waals surface area contributed by atoms with Crippen molar-refractivity contribution < 1.29 is 9.90 Å². The number of anilines is 1. The van der Waals surface area contributed by atoms with Crippen LogP contribution in [0.25, 0.3) is 0 Å². The Labute approximate surface area is 126 Å². The predicted molar refractivity (Wildman–Crippen MR) is 83.4 cm³/mol. The van der Waals surface area contributed by atoms with E-state index in [1.807, 2.05) is 24.0 Å². The molecule has 1 amide bonds. The van der Waals surface area contributed by atoms with Gasteiger partial charge >= 0.3 is 0 Å². The van der Waals surface area contributed by atoms with Crippen molar-refractivity contribution >= 4 is 11.6 Å². The van der Waals surface area contributed by atoms with E-state index < -0.39 is 6.10 Å². The van der Waals surface area contributed by atoms with Crippen LogP contribution >= 0.6 is 0 Å². The van der Waals surface area contributed by atoms with Crippen molar-refractivity contribution in [2.75, 3.05) is 18.0 Å². The molecule has 4 heteroatoms. The van der Waals surface area contributed by atoms with Gasteiger partial charge < -0.3 is 15.3 Å². The van der Waals surface area contributed by atoms with Gasteiger partial charge in [0.2, 0.25) is 5.91 Å². The summed E-state index contributed by atoms with van der Waals surface area (Å²) >= 11 is 0. The largest absolute Gasteiger partial charge is 0.387 e. The summed E-state index contributed by atoms with van der Waals surface area (Å²) in [4.78, 5) is 13.8. The molecular formula is C17H24N2O2. The second-order valence-electron chi connectivity index (χ2n) is 6.04. The molecule has 4 nitrogen and oxygen atoms in total. The van der Waals surface area contributed by atoms with Crippen molar-refractivity contribution in [2.24, 2.45) is 0 Å². The minimum atomic E-state index is -0.452. The normalized spacial score (nSPS) is 23.0. The van der Waals surface area contributed by atoms with Crippen molar-refractivity contribution in [2.45, 2.75) is 51.2 Å². The fourth-order valence-corrected chi connectivity index (χ4v) is 3.44. The van der Waals surface area contributed by atoms with Crippen molar-refractivity contribution in [3.8, 4) is 0 Å². The molecule has 0 aliphatic carbocycles. The Bertz CT molecular complexity index is 524. The van der Waals surface area contributed by atoms with Gasteiger partial charge in [-0.2, -0.15) is 0 Å². The number of carbonyl (C=O) groups excluding carboxylic acids is 1. The number of fused-ring (bicyclic) bond motifs is 1. The number of rotatable bonds is 3. The molecule has 0 spiro atoms. The number of benzene rings is 1. The number of hydrogen-bond acceptors (Lipinski definition) is 3. The van der Waals surface area contributed by atoms with Gasteiger partial charge in [0.05, 0.1) is 6.10 Å². The number of piperidine rings is 1. The van der Waals surface area contributed by atoms with Crippen LogP contribution in [0.5, 0.6) is 0 Å². The van der Waals surface area contributed by atoms with E-state index in [0.717, 1.165) is 37.2 Å². The third-order valence-electron chi connectivity index (χ3n) is 4.67. The van der Waals surface area contributed by atoms with E-state index in [0.29, 0.717) is 6.42 Å². The molecule has 2 heterocycles. The molecule has 2 aliphatic heterocycles. The Morgan fingerprint density at radius 2 is 2.33 bits per heavy atom. The maximum atomic E-state index is 11.9. The third kappa shape index (κ3) is 2.83. The molecule has 1 fully saturated rings. The summed E-state index contributed by atoms with van der Waals surface area (Å²) in [6.45, 7) is 3.65. The maximum absolute atomic E-state index is 11.9. The Morgan fingerprint density at radius 1 is 1.48 bits per heavy atom. The first-order valence-electron chi connectivity index (χ1n) is 8.05. The van der Waals surface area contributed by atoms with Gasteiger partial charge in [0.15, 0.2) is 0 Å². The summed E-state index contributed by atoms with van der Waals surface area (Å²) in [6.07, 6.45) is 4.38. The molecule has 2 aliphatic rings. The number of amides is 1. The van der Waals surface area contributed by atoms with Gasteiger partial charge in [0, 0.05) is 24.7 Å². The molecule has 0 bridgehead atoms. The highest BCUT2D eigenvalue weighted by molar-refractivity contribution is 5.95. The highest BCUT2D eigenvalue weighted by atomic mass is 16.3. The fraction of sp³-hybridized carbons (Fsp3) is 0.588. The summed E-state index contributed by atoms with van der Waals surface area (Å²) in [6, 6.07) is 6.21. The van der Waals surface area contributed by atoms with E-state index in [1.54, 1.807) is 0 Å². The van der Waals surface area contributed by atoms with Gasteiger partial charge in [-0.15, -0.1) is 0 Å². The first kappa shape index (κ1) is 14.5. The molecule has 2 N–H and O–H groups in total. The van der Waals surface area contributed by atoms with Crippen LogP contribution in [-0.2, 0) is 11.2 Å². The average Bonchev–Trinajstić information content (AvgIpc) is 2.97. The number of nitrogens with one attached hydrogen (secondary N) is 1. The minimum Gasteiger partial charge on any atom is -0.387 e. The molecule has 2 atom stereocenters. The summed E-state index contributed by atoms with van der Waals surface area (Å²) in [5.74, 6) is 0.177. The summed E-state index contributed by atoms with van der Waals surface area (Å²) in [5.41, 5.74) is 3.18. The molecule has 1 aromatic carbocycles. The van der Waals surface area contributed by atoms with Gasteiger partial charge in [-0.05, 0) is 43.0 Å². The molecule has 1 saturated heterocycles. The minimum absolute atomic E-state index is 0.159. The van der Waals surface area contributed by atoms with Crippen LogP contribution in [0.3, 0.4) is 0 Å². The lowest BCUT2D eigenvalue weighted by Crippen LogP contribution is -2.38. The summed E-state index contributed by atoms with van der Waals surface area (Å²) < 4.78 is 0. The van der Waals surface area contributed by atoms with Crippen molar-refractivity contribution in [1.82, 2.24) is 5.32 Å². The van der Waals surface area contributed by atoms with E-state index in [-0.39, 0.29) is 11.9 Å². The Morgan fingerprint density at radius 3 is 3.05 bits per heavy atom. The van der Waals surface area contributed by atoms with E-state index in [1.165, 1.54) is 18.4 Å². The van der Waals surface area contributed by atoms with Crippen LogP contribution in [-0.4, -0.2) is 30.1 Å². The average molecular weight is 288 g/mol. The highest BCUT2D eigenvalue weighted by Crippen LogP contribution is 2.32.